The Morgan fingerprint density at radius 1 is 1.15 bits per heavy atom. The van der Waals surface area contributed by atoms with E-state index in [0.29, 0.717) is 12.2 Å². The van der Waals surface area contributed by atoms with Gasteiger partial charge in [0.05, 0.1) is 12.6 Å². The minimum Gasteiger partial charge on any atom is -0.394 e. The topological polar surface area (TPSA) is 91.5 Å². The van der Waals surface area contributed by atoms with Crippen molar-refractivity contribution in [2.45, 2.75) is 12.5 Å². The van der Waals surface area contributed by atoms with Gasteiger partial charge in [0, 0.05) is 25.3 Å². The molecule has 0 aliphatic carbocycles. The lowest BCUT2D eigenvalue weighted by atomic mass is 10.1. The van der Waals surface area contributed by atoms with E-state index in [2.05, 4.69) is 15.5 Å². The molecule has 1 atom stereocenters. The molecule has 0 aliphatic heterocycles. The van der Waals surface area contributed by atoms with Crippen LogP contribution in [-0.2, 0) is 6.42 Å². The highest BCUT2D eigenvalue weighted by Gasteiger charge is 2.20. The number of hydrogen-bond acceptors (Lipinski definition) is 6. The number of amides is 1. The van der Waals surface area contributed by atoms with Crippen LogP contribution in [0.5, 0.6) is 0 Å². The molecular formula is C20H22N4O3. The first-order valence-electron chi connectivity index (χ1n) is 8.64. The SMILES string of the molecule is CN(C)c1ccc(-c2noc(C(=O)N[C@H](CO)Cc3ccccc3)n2)cc1. The number of anilines is 1. The van der Waals surface area contributed by atoms with Crippen molar-refractivity contribution in [2.24, 2.45) is 0 Å². The summed E-state index contributed by atoms with van der Waals surface area (Å²) in [6.07, 6.45) is 0.510. The summed E-state index contributed by atoms with van der Waals surface area (Å²) in [5, 5.41) is 16.2. The molecule has 0 unspecified atom stereocenters. The zero-order valence-corrected chi connectivity index (χ0v) is 15.3. The van der Waals surface area contributed by atoms with Crippen molar-refractivity contribution in [3.05, 3.63) is 66.1 Å². The molecule has 140 valence electrons. The molecule has 1 heterocycles. The molecule has 7 heteroatoms. The second-order valence-corrected chi connectivity index (χ2v) is 6.41. The van der Waals surface area contributed by atoms with E-state index in [1.165, 1.54) is 0 Å². The third-order valence-corrected chi connectivity index (χ3v) is 4.14. The Bertz CT molecular complexity index is 876. The summed E-state index contributed by atoms with van der Waals surface area (Å²) in [5.41, 5.74) is 2.82. The Morgan fingerprint density at radius 3 is 2.48 bits per heavy atom. The Hall–Kier alpha value is -3.19. The number of nitrogens with zero attached hydrogens (tertiary/aromatic N) is 3. The fourth-order valence-corrected chi connectivity index (χ4v) is 2.65. The second-order valence-electron chi connectivity index (χ2n) is 6.41. The highest BCUT2D eigenvalue weighted by atomic mass is 16.5. The van der Waals surface area contributed by atoms with Gasteiger partial charge in [-0.3, -0.25) is 4.79 Å². The maximum absolute atomic E-state index is 12.4. The van der Waals surface area contributed by atoms with Gasteiger partial charge in [0.1, 0.15) is 0 Å². The normalized spacial score (nSPS) is 11.8. The fourth-order valence-electron chi connectivity index (χ4n) is 2.65. The zero-order valence-electron chi connectivity index (χ0n) is 15.3. The molecule has 1 aromatic heterocycles. The van der Waals surface area contributed by atoms with Crippen molar-refractivity contribution < 1.29 is 14.4 Å². The lowest BCUT2D eigenvalue weighted by molar-refractivity contribution is 0.0872. The van der Waals surface area contributed by atoms with E-state index in [4.69, 9.17) is 4.52 Å². The van der Waals surface area contributed by atoms with Gasteiger partial charge in [-0.05, 0) is 36.2 Å². The highest BCUT2D eigenvalue weighted by Crippen LogP contribution is 2.20. The summed E-state index contributed by atoms with van der Waals surface area (Å²) in [6.45, 7) is -0.187. The Labute approximate surface area is 157 Å². The van der Waals surface area contributed by atoms with Crippen LogP contribution in [0.3, 0.4) is 0 Å². The van der Waals surface area contributed by atoms with Crippen molar-refractivity contribution in [3.63, 3.8) is 0 Å². The van der Waals surface area contributed by atoms with Gasteiger partial charge in [-0.25, -0.2) is 0 Å². The third kappa shape index (κ3) is 4.71. The first kappa shape index (κ1) is 18.6. The van der Waals surface area contributed by atoms with Gasteiger partial charge in [0.15, 0.2) is 0 Å². The van der Waals surface area contributed by atoms with Crippen molar-refractivity contribution in [1.29, 1.82) is 0 Å². The molecule has 0 fully saturated rings. The minimum atomic E-state index is -0.506. The van der Waals surface area contributed by atoms with Crippen molar-refractivity contribution in [2.75, 3.05) is 25.6 Å². The molecule has 0 saturated heterocycles. The van der Waals surface area contributed by atoms with E-state index in [1.807, 2.05) is 73.6 Å². The number of aliphatic hydroxyl groups excluding tert-OH is 1. The molecule has 27 heavy (non-hydrogen) atoms. The van der Waals surface area contributed by atoms with Crippen LogP contribution in [0.15, 0.2) is 59.1 Å². The monoisotopic (exact) mass is 366 g/mol. The van der Waals surface area contributed by atoms with Crippen molar-refractivity contribution in [1.82, 2.24) is 15.5 Å². The fraction of sp³-hybridized carbons (Fsp3) is 0.250. The molecule has 0 saturated carbocycles. The molecule has 2 N–H and O–H groups in total. The zero-order chi connectivity index (χ0) is 19.2. The number of benzene rings is 2. The Morgan fingerprint density at radius 2 is 1.85 bits per heavy atom. The van der Waals surface area contributed by atoms with Gasteiger partial charge >= 0.3 is 11.8 Å². The molecule has 3 aromatic rings. The van der Waals surface area contributed by atoms with Gasteiger partial charge in [-0.15, -0.1) is 0 Å². The minimum absolute atomic E-state index is 0.131. The lowest BCUT2D eigenvalue weighted by Gasteiger charge is -2.14. The maximum Gasteiger partial charge on any atom is 0.316 e. The van der Waals surface area contributed by atoms with Crippen molar-refractivity contribution in [3.8, 4) is 11.4 Å². The number of nitrogens with one attached hydrogen (secondary N) is 1. The van der Waals surface area contributed by atoms with Gasteiger partial charge in [0.25, 0.3) is 0 Å². The van der Waals surface area contributed by atoms with Crippen LogP contribution in [0, 0.1) is 0 Å². The number of carbonyl (C=O) groups excluding carboxylic acids is 1. The van der Waals surface area contributed by atoms with E-state index >= 15 is 0 Å². The quantitative estimate of drug-likeness (QED) is 0.666. The van der Waals surface area contributed by atoms with Crippen LogP contribution in [0.25, 0.3) is 11.4 Å². The number of aromatic nitrogens is 2. The van der Waals surface area contributed by atoms with Gasteiger partial charge < -0.3 is 19.8 Å². The van der Waals surface area contributed by atoms with Crippen LogP contribution in [0.2, 0.25) is 0 Å². The van der Waals surface area contributed by atoms with Crippen LogP contribution in [0.1, 0.15) is 16.2 Å². The van der Waals surface area contributed by atoms with Crippen molar-refractivity contribution >= 4 is 11.6 Å². The van der Waals surface area contributed by atoms with Gasteiger partial charge in [0.2, 0.25) is 5.82 Å². The summed E-state index contributed by atoms with van der Waals surface area (Å²) in [5.74, 6) is -0.295. The van der Waals surface area contributed by atoms with Crippen LogP contribution in [0.4, 0.5) is 5.69 Å². The number of aliphatic hydroxyl groups is 1. The molecule has 1 amide bonds. The summed E-state index contributed by atoms with van der Waals surface area (Å²) >= 11 is 0. The predicted octanol–water partition coefficient (Wildman–Crippen LogP) is 2.14. The van der Waals surface area contributed by atoms with Crippen LogP contribution >= 0.6 is 0 Å². The number of rotatable bonds is 7. The second kappa shape index (κ2) is 8.46. The average molecular weight is 366 g/mol. The molecule has 7 nitrogen and oxygen atoms in total. The standard InChI is InChI=1S/C20H22N4O3/c1-24(2)17-10-8-15(9-11-17)18-22-20(27-23-18)19(26)21-16(13-25)12-14-6-4-3-5-7-14/h3-11,16,25H,12-13H2,1-2H3,(H,21,26)/t16-/m0/s1. The molecule has 0 bridgehead atoms. The van der Waals surface area contributed by atoms with Crippen LogP contribution < -0.4 is 10.2 Å². The highest BCUT2D eigenvalue weighted by molar-refractivity contribution is 5.90. The van der Waals surface area contributed by atoms with E-state index in [-0.39, 0.29) is 12.5 Å². The first-order valence-corrected chi connectivity index (χ1v) is 8.64. The lowest BCUT2D eigenvalue weighted by Crippen LogP contribution is -2.39. The molecular weight excluding hydrogens is 344 g/mol. The van der Waals surface area contributed by atoms with E-state index in [0.717, 1.165) is 16.8 Å². The van der Waals surface area contributed by atoms with Gasteiger partial charge in [-0.1, -0.05) is 35.5 Å². The summed E-state index contributed by atoms with van der Waals surface area (Å²) in [4.78, 5) is 18.5. The summed E-state index contributed by atoms with van der Waals surface area (Å²) < 4.78 is 5.09. The number of carbonyl (C=O) groups is 1. The molecule has 0 radical (unpaired) electrons. The van der Waals surface area contributed by atoms with Crippen LogP contribution in [-0.4, -0.2) is 47.9 Å². The van der Waals surface area contributed by atoms with Gasteiger partial charge in [-0.2, -0.15) is 4.98 Å². The molecule has 0 spiro atoms. The predicted molar refractivity (Wildman–Crippen MR) is 103 cm³/mol. The third-order valence-electron chi connectivity index (χ3n) is 4.14. The summed E-state index contributed by atoms with van der Waals surface area (Å²) in [7, 11) is 3.91. The molecule has 3 rings (SSSR count). The Kier molecular flexibility index (Phi) is 5.83. The molecule has 0 aliphatic rings. The van der Waals surface area contributed by atoms with E-state index < -0.39 is 11.9 Å². The van der Waals surface area contributed by atoms with E-state index in [9.17, 15) is 9.90 Å². The summed E-state index contributed by atoms with van der Waals surface area (Å²) in [6, 6.07) is 16.8. The smallest absolute Gasteiger partial charge is 0.316 e. The van der Waals surface area contributed by atoms with E-state index in [1.54, 1.807) is 0 Å². The number of hydrogen-bond donors (Lipinski definition) is 2. The largest absolute Gasteiger partial charge is 0.394 e. The Balaban J connectivity index is 1.67. The first-order chi connectivity index (χ1) is 13.1. The maximum atomic E-state index is 12.4. The average Bonchev–Trinajstić information content (AvgIpc) is 3.18. The molecule has 2 aromatic carbocycles.